The normalized spacial score (nSPS) is 13.1. The first-order valence-electron chi connectivity index (χ1n) is 6.30. The lowest BCUT2D eigenvalue weighted by atomic mass is 10.0. The summed E-state index contributed by atoms with van der Waals surface area (Å²) < 4.78 is 40.0. The van der Waals surface area contributed by atoms with Crippen LogP contribution in [0, 0.1) is 5.82 Å². The van der Waals surface area contributed by atoms with E-state index in [1.165, 1.54) is 18.2 Å². The maximum absolute atomic E-state index is 13.5. The third kappa shape index (κ3) is 3.43. The van der Waals surface area contributed by atoms with Gasteiger partial charge in [-0.05, 0) is 23.6 Å². The molecule has 20 heavy (non-hydrogen) atoms. The van der Waals surface area contributed by atoms with E-state index in [0.29, 0.717) is 0 Å². The van der Waals surface area contributed by atoms with Crippen LogP contribution in [0.25, 0.3) is 0 Å². The Hall–Kier alpha value is -1.72. The van der Waals surface area contributed by atoms with E-state index in [0.717, 1.165) is 11.6 Å². The summed E-state index contributed by atoms with van der Waals surface area (Å²) in [6.07, 6.45) is 0. The van der Waals surface area contributed by atoms with Crippen LogP contribution < -0.4 is 4.72 Å². The molecule has 0 fully saturated rings. The molecule has 2 aromatic carbocycles. The van der Waals surface area contributed by atoms with Gasteiger partial charge in [-0.25, -0.2) is 17.5 Å². The molecule has 0 amide bonds. The Morgan fingerprint density at radius 3 is 2.30 bits per heavy atom. The summed E-state index contributed by atoms with van der Waals surface area (Å²) in [5.41, 5.74) is 1.03. The lowest BCUT2D eigenvalue weighted by molar-refractivity contribution is 0.553. The van der Waals surface area contributed by atoms with Gasteiger partial charge in [-0.3, -0.25) is 0 Å². The third-order valence-electron chi connectivity index (χ3n) is 3.07. The zero-order valence-electron chi connectivity index (χ0n) is 11.1. The van der Waals surface area contributed by atoms with Crippen molar-refractivity contribution in [2.45, 2.75) is 17.7 Å². The van der Waals surface area contributed by atoms with Crippen LogP contribution in [-0.2, 0) is 10.0 Å². The number of hydrogen-bond acceptors (Lipinski definition) is 2. The first-order valence-corrected chi connectivity index (χ1v) is 7.78. The van der Waals surface area contributed by atoms with Crippen LogP contribution in [0.4, 0.5) is 4.39 Å². The van der Waals surface area contributed by atoms with Gasteiger partial charge in [-0.15, -0.1) is 0 Å². The fraction of sp³-hybridized carbons (Fsp3) is 0.200. The molecule has 0 bridgehead atoms. The second-order valence-electron chi connectivity index (χ2n) is 4.59. The zero-order valence-corrected chi connectivity index (χ0v) is 11.9. The summed E-state index contributed by atoms with van der Waals surface area (Å²) in [4.78, 5) is -0.319. The highest BCUT2D eigenvalue weighted by molar-refractivity contribution is 7.89. The Morgan fingerprint density at radius 1 is 1.05 bits per heavy atom. The molecule has 0 aliphatic rings. The Bertz CT molecular complexity index is 671. The molecule has 0 heterocycles. The van der Waals surface area contributed by atoms with Crippen molar-refractivity contribution < 1.29 is 12.8 Å². The first-order chi connectivity index (χ1) is 9.50. The maximum Gasteiger partial charge on any atom is 0.243 e. The summed E-state index contributed by atoms with van der Waals surface area (Å²) in [6, 6.07) is 14.9. The number of hydrogen-bond donors (Lipinski definition) is 1. The predicted molar refractivity (Wildman–Crippen MR) is 76.4 cm³/mol. The summed E-state index contributed by atoms with van der Waals surface area (Å²) in [6.45, 7) is 2.14. The SMILES string of the molecule is C[C@@H](CNS(=O)(=O)c1ccccc1F)c1ccccc1. The van der Waals surface area contributed by atoms with Gasteiger partial charge in [-0.2, -0.15) is 0 Å². The van der Waals surface area contributed by atoms with Crippen molar-refractivity contribution in [2.75, 3.05) is 6.54 Å². The monoisotopic (exact) mass is 293 g/mol. The molecule has 0 spiro atoms. The Labute approximate surface area is 118 Å². The number of rotatable bonds is 5. The minimum atomic E-state index is -3.82. The molecule has 0 aliphatic heterocycles. The van der Waals surface area contributed by atoms with Crippen LogP contribution in [0.1, 0.15) is 18.4 Å². The molecule has 0 unspecified atom stereocenters. The Kier molecular flexibility index (Phi) is 4.52. The first kappa shape index (κ1) is 14.7. The van der Waals surface area contributed by atoms with E-state index in [4.69, 9.17) is 0 Å². The second-order valence-corrected chi connectivity index (χ2v) is 6.33. The molecule has 0 aliphatic carbocycles. The molecule has 0 radical (unpaired) electrons. The second kappa shape index (κ2) is 6.15. The van der Waals surface area contributed by atoms with Crippen molar-refractivity contribution >= 4 is 10.0 Å². The molecule has 3 nitrogen and oxygen atoms in total. The number of nitrogens with one attached hydrogen (secondary N) is 1. The molecule has 0 saturated carbocycles. The molecule has 1 N–H and O–H groups in total. The molecular formula is C15H16FNO2S. The largest absolute Gasteiger partial charge is 0.243 e. The van der Waals surface area contributed by atoms with Crippen molar-refractivity contribution in [1.82, 2.24) is 4.72 Å². The van der Waals surface area contributed by atoms with Gasteiger partial charge in [0, 0.05) is 6.54 Å². The number of benzene rings is 2. The lowest BCUT2D eigenvalue weighted by Crippen LogP contribution is -2.28. The van der Waals surface area contributed by atoms with E-state index in [9.17, 15) is 12.8 Å². The van der Waals surface area contributed by atoms with Crippen molar-refractivity contribution in [3.8, 4) is 0 Å². The summed E-state index contributed by atoms with van der Waals surface area (Å²) in [5.74, 6) is -0.731. The molecule has 0 saturated heterocycles. The fourth-order valence-electron chi connectivity index (χ4n) is 1.87. The predicted octanol–water partition coefficient (Wildman–Crippen LogP) is 2.91. The van der Waals surface area contributed by atoms with E-state index in [-0.39, 0.29) is 17.4 Å². The highest BCUT2D eigenvalue weighted by atomic mass is 32.2. The van der Waals surface area contributed by atoms with Crippen LogP contribution in [0.15, 0.2) is 59.5 Å². The minimum absolute atomic E-state index is 0.0118. The van der Waals surface area contributed by atoms with Crippen LogP contribution in [-0.4, -0.2) is 15.0 Å². The lowest BCUT2D eigenvalue weighted by Gasteiger charge is -2.13. The molecule has 106 valence electrons. The number of sulfonamides is 1. The smallest absolute Gasteiger partial charge is 0.210 e. The fourth-order valence-corrected chi connectivity index (χ4v) is 3.08. The van der Waals surface area contributed by atoms with Gasteiger partial charge in [0.05, 0.1) is 0 Å². The average molecular weight is 293 g/mol. The third-order valence-corrected chi connectivity index (χ3v) is 4.53. The van der Waals surface area contributed by atoms with Crippen molar-refractivity contribution in [2.24, 2.45) is 0 Å². The van der Waals surface area contributed by atoms with Crippen LogP contribution >= 0.6 is 0 Å². The van der Waals surface area contributed by atoms with E-state index >= 15 is 0 Å². The quantitative estimate of drug-likeness (QED) is 0.921. The standard InChI is InChI=1S/C15H16FNO2S/c1-12(13-7-3-2-4-8-13)11-17-20(18,19)15-10-6-5-9-14(15)16/h2-10,12,17H,11H2,1H3/t12-/m0/s1. The highest BCUT2D eigenvalue weighted by Crippen LogP contribution is 2.16. The molecular weight excluding hydrogens is 277 g/mol. The molecule has 2 aromatic rings. The van der Waals surface area contributed by atoms with Crippen LogP contribution in [0.2, 0.25) is 0 Å². The van der Waals surface area contributed by atoms with Crippen molar-refractivity contribution in [3.05, 3.63) is 66.0 Å². The van der Waals surface area contributed by atoms with Crippen molar-refractivity contribution in [3.63, 3.8) is 0 Å². The van der Waals surface area contributed by atoms with Gasteiger partial charge < -0.3 is 0 Å². The zero-order chi connectivity index (χ0) is 14.6. The van der Waals surface area contributed by atoms with E-state index < -0.39 is 15.8 Å². The van der Waals surface area contributed by atoms with Gasteiger partial charge in [0.15, 0.2) is 0 Å². The van der Waals surface area contributed by atoms with Crippen LogP contribution in [0.5, 0.6) is 0 Å². The van der Waals surface area contributed by atoms with E-state index in [1.54, 1.807) is 0 Å². The van der Waals surface area contributed by atoms with E-state index in [1.807, 2.05) is 37.3 Å². The molecule has 0 aromatic heterocycles. The van der Waals surface area contributed by atoms with E-state index in [2.05, 4.69) is 4.72 Å². The molecule has 1 atom stereocenters. The molecule has 2 rings (SSSR count). The highest BCUT2D eigenvalue weighted by Gasteiger charge is 2.19. The van der Waals surface area contributed by atoms with Crippen LogP contribution in [0.3, 0.4) is 0 Å². The number of halogens is 1. The topological polar surface area (TPSA) is 46.2 Å². The van der Waals surface area contributed by atoms with Gasteiger partial charge in [0.2, 0.25) is 10.0 Å². The summed E-state index contributed by atoms with van der Waals surface area (Å²) in [5, 5.41) is 0. The van der Waals surface area contributed by atoms with Crippen molar-refractivity contribution in [1.29, 1.82) is 0 Å². The molecule has 5 heteroatoms. The van der Waals surface area contributed by atoms with Gasteiger partial charge in [-0.1, -0.05) is 49.4 Å². The summed E-state index contributed by atoms with van der Waals surface area (Å²) in [7, 11) is -3.82. The Morgan fingerprint density at radius 2 is 1.65 bits per heavy atom. The van der Waals surface area contributed by atoms with Gasteiger partial charge in [0.25, 0.3) is 0 Å². The van der Waals surface area contributed by atoms with Gasteiger partial charge >= 0.3 is 0 Å². The Balaban J connectivity index is 2.09. The minimum Gasteiger partial charge on any atom is -0.210 e. The maximum atomic E-state index is 13.5. The summed E-state index contributed by atoms with van der Waals surface area (Å²) >= 11 is 0. The average Bonchev–Trinajstić information content (AvgIpc) is 2.46. The van der Waals surface area contributed by atoms with Gasteiger partial charge in [0.1, 0.15) is 10.7 Å².